The largest absolute Gasteiger partial charge is 0.355 e. The van der Waals surface area contributed by atoms with E-state index in [0.717, 1.165) is 10.9 Å². The topological polar surface area (TPSA) is 69.0 Å². The highest BCUT2D eigenvalue weighted by Crippen LogP contribution is 2.21. The minimum atomic E-state index is -0.0662. The van der Waals surface area contributed by atoms with E-state index < -0.39 is 0 Å². The molecule has 0 aliphatic heterocycles. The van der Waals surface area contributed by atoms with E-state index in [1.165, 1.54) is 0 Å². The fraction of sp³-hybridized carbons (Fsp3) is 0.267. The maximum Gasteiger partial charge on any atom is 0.239 e. The molecule has 0 unspecified atom stereocenters. The van der Waals surface area contributed by atoms with E-state index in [0.29, 0.717) is 17.9 Å². The minimum Gasteiger partial charge on any atom is -0.355 e. The van der Waals surface area contributed by atoms with Gasteiger partial charge in [-0.05, 0) is 19.1 Å². The van der Waals surface area contributed by atoms with Crippen molar-refractivity contribution in [2.45, 2.75) is 6.92 Å². The molecule has 0 atom stereocenters. The summed E-state index contributed by atoms with van der Waals surface area (Å²) in [6, 6.07) is 11.4. The van der Waals surface area contributed by atoms with Gasteiger partial charge in [0.05, 0.1) is 23.7 Å². The van der Waals surface area contributed by atoms with Gasteiger partial charge in [0, 0.05) is 19.0 Å². The maximum atomic E-state index is 11.6. The number of para-hydroxylation sites is 1. The second-order valence-electron chi connectivity index (χ2n) is 4.47. The normalized spacial score (nSPS) is 10.1. The number of nitrogens with one attached hydrogen (secondary N) is 1. The van der Waals surface area contributed by atoms with Crippen molar-refractivity contribution in [2.24, 2.45) is 0 Å². The highest BCUT2D eigenvalue weighted by atomic mass is 16.2. The predicted octanol–water partition coefficient (Wildman–Crippen LogP) is 1.68. The smallest absolute Gasteiger partial charge is 0.239 e. The van der Waals surface area contributed by atoms with Crippen LogP contribution in [0.2, 0.25) is 0 Å². The number of fused-ring (bicyclic) bond motifs is 1. The van der Waals surface area contributed by atoms with Gasteiger partial charge in [-0.2, -0.15) is 5.26 Å². The van der Waals surface area contributed by atoms with Crippen LogP contribution in [0.1, 0.15) is 12.5 Å². The first-order valence-electron chi connectivity index (χ1n) is 6.43. The molecule has 0 fully saturated rings. The van der Waals surface area contributed by atoms with Crippen molar-refractivity contribution in [3.63, 3.8) is 0 Å². The van der Waals surface area contributed by atoms with Crippen LogP contribution in [0.3, 0.4) is 0 Å². The Hall–Kier alpha value is -2.61. The van der Waals surface area contributed by atoms with Crippen LogP contribution >= 0.6 is 0 Å². The molecular weight excluding hydrogens is 252 g/mol. The Morgan fingerprint density at radius 2 is 2.20 bits per heavy atom. The number of benzene rings is 1. The van der Waals surface area contributed by atoms with Gasteiger partial charge in [-0.25, -0.2) is 4.98 Å². The lowest BCUT2D eigenvalue weighted by Gasteiger charge is -2.18. The third kappa shape index (κ3) is 2.86. The molecule has 2 rings (SSSR count). The zero-order valence-electron chi connectivity index (χ0n) is 11.6. The van der Waals surface area contributed by atoms with E-state index in [1.807, 2.05) is 31.2 Å². The number of amides is 1. The van der Waals surface area contributed by atoms with Crippen molar-refractivity contribution in [3.05, 3.63) is 35.9 Å². The van der Waals surface area contributed by atoms with Gasteiger partial charge in [-0.3, -0.25) is 4.79 Å². The average molecular weight is 268 g/mol. The molecule has 1 amide bonds. The fourth-order valence-corrected chi connectivity index (χ4v) is 2.00. The molecular formula is C15H16N4O. The number of nitrogens with zero attached hydrogens (tertiary/aromatic N) is 3. The van der Waals surface area contributed by atoms with E-state index in [1.54, 1.807) is 18.0 Å². The van der Waals surface area contributed by atoms with Crippen molar-refractivity contribution in [1.82, 2.24) is 10.3 Å². The first kappa shape index (κ1) is 13.8. The number of likely N-dealkylation sites (N-methyl/N-ethyl adjacent to an activating group) is 2. The molecule has 1 aromatic carbocycles. The van der Waals surface area contributed by atoms with Crippen molar-refractivity contribution in [2.75, 3.05) is 25.0 Å². The van der Waals surface area contributed by atoms with Crippen LogP contribution in [0.15, 0.2) is 30.3 Å². The number of aromatic nitrogens is 1. The zero-order chi connectivity index (χ0) is 14.5. The predicted molar refractivity (Wildman–Crippen MR) is 78.4 cm³/mol. The molecule has 5 nitrogen and oxygen atoms in total. The number of rotatable bonds is 4. The van der Waals surface area contributed by atoms with Crippen molar-refractivity contribution in [3.8, 4) is 6.07 Å². The van der Waals surface area contributed by atoms with E-state index in [9.17, 15) is 10.1 Å². The SMILES string of the molecule is CCNC(=O)CN(C)c1cc(C#N)c2ccccc2n1. The molecule has 1 aromatic heterocycles. The van der Waals surface area contributed by atoms with Crippen LogP contribution in [0.4, 0.5) is 5.82 Å². The third-order valence-corrected chi connectivity index (χ3v) is 2.97. The number of hydrogen-bond donors (Lipinski definition) is 1. The maximum absolute atomic E-state index is 11.6. The first-order valence-corrected chi connectivity index (χ1v) is 6.43. The molecule has 1 N–H and O–H groups in total. The highest BCUT2D eigenvalue weighted by Gasteiger charge is 2.11. The lowest BCUT2D eigenvalue weighted by Crippen LogP contribution is -2.35. The summed E-state index contributed by atoms with van der Waals surface area (Å²) < 4.78 is 0. The quantitative estimate of drug-likeness (QED) is 0.916. The van der Waals surface area contributed by atoms with Gasteiger partial charge >= 0.3 is 0 Å². The van der Waals surface area contributed by atoms with Crippen LogP contribution < -0.4 is 10.2 Å². The summed E-state index contributed by atoms with van der Waals surface area (Å²) in [4.78, 5) is 17.8. The van der Waals surface area contributed by atoms with Gasteiger partial charge in [0.15, 0.2) is 0 Å². The van der Waals surface area contributed by atoms with E-state index in [-0.39, 0.29) is 12.5 Å². The Balaban J connectivity index is 2.35. The first-order chi connectivity index (χ1) is 9.65. The van der Waals surface area contributed by atoms with E-state index in [4.69, 9.17) is 0 Å². The lowest BCUT2D eigenvalue weighted by molar-refractivity contribution is -0.119. The summed E-state index contributed by atoms with van der Waals surface area (Å²) in [7, 11) is 1.79. The summed E-state index contributed by atoms with van der Waals surface area (Å²) in [6.07, 6.45) is 0. The average Bonchev–Trinajstić information content (AvgIpc) is 2.46. The Bertz CT molecular complexity index is 675. The van der Waals surface area contributed by atoms with Crippen LogP contribution in [0, 0.1) is 11.3 Å². The standard InChI is InChI=1S/C15H16N4O/c1-3-17-15(20)10-19(2)14-8-11(9-16)12-6-4-5-7-13(12)18-14/h4-8H,3,10H2,1-2H3,(H,17,20). The Morgan fingerprint density at radius 3 is 2.90 bits per heavy atom. The minimum absolute atomic E-state index is 0.0662. The van der Waals surface area contributed by atoms with Crippen LogP contribution in [-0.2, 0) is 4.79 Å². The molecule has 0 aliphatic rings. The molecule has 1 heterocycles. The molecule has 0 aliphatic carbocycles. The second-order valence-corrected chi connectivity index (χ2v) is 4.47. The molecule has 0 saturated heterocycles. The molecule has 2 aromatic rings. The summed E-state index contributed by atoms with van der Waals surface area (Å²) in [5.41, 5.74) is 1.32. The monoisotopic (exact) mass is 268 g/mol. The molecule has 0 spiro atoms. The lowest BCUT2D eigenvalue weighted by atomic mass is 10.1. The van der Waals surface area contributed by atoms with Crippen LogP contribution in [-0.4, -0.2) is 31.0 Å². The van der Waals surface area contributed by atoms with Gasteiger partial charge < -0.3 is 10.2 Å². The second kappa shape index (κ2) is 6.02. The van der Waals surface area contributed by atoms with Gasteiger partial charge in [0.1, 0.15) is 5.82 Å². The molecule has 20 heavy (non-hydrogen) atoms. The van der Waals surface area contributed by atoms with Crippen LogP contribution in [0.5, 0.6) is 0 Å². The van der Waals surface area contributed by atoms with Gasteiger partial charge in [-0.1, -0.05) is 18.2 Å². The molecule has 0 bridgehead atoms. The summed E-state index contributed by atoms with van der Waals surface area (Å²) in [6.45, 7) is 2.69. The van der Waals surface area contributed by atoms with Gasteiger partial charge in [0.2, 0.25) is 5.91 Å². The molecule has 0 radical (unpaired) electrons. The van der Waals surface area contributed by atoms with E-state index >= 15 is 0 Å². The van der Waals surface area contributed by atoms with Crippen molar-refractivity contribution < 1.29 is 4.79 Å². The summed E-state index contributed by atoms with van der Waals surface area (Å²) >= 11 is 0. The van der Waals surface area contributed by atoms with Crippen molar-refractivity contribution in [1.29, 1.82) is 5.26 Å². The van der Waals surface area contributed by atoms with E-state index in [2.05, 4.69) is 16.4 Å². The van der Waals surface area contributed by atoms with Crippen molar-refractivity contribution >= 4 is 22.6 Å². The summed E-state index contributed by atoms with van der Waals surface area (Å²) in [5.74, 6) is 0.551. The highest BCUT2D eigenvalue weighted by molar-refractivity contribution is 5.87. The molecule has 102 valence electrons. The van der Waals surface area contributed by atoms with Crippen LogP contribution in [0.25, 0.3) is 10.9 Å². The fourth-order valence-electron chi connectivity index (χ4n) is 2.00. The Labute approximate surface area is 117 Å². The number of nitriles is 1. The zero-order valence-corrected chi connectivity index (χ0v) is 11.6. The van der Waals surface area contributed by atoms with Gasteiger partial charge in [0.25, 0.3) is 0 Å². The van der Waals surface area contributed by atoms with Gasteiger partial charge in [-0.15, -0.1) is 0 Å². The third-order valence-electron chi connectivity index (χ3n) is 2.97. The number of anilines is 1. The molecule has 0 saturated carbocycles. The number of carbonyl (C=O) groups excluding carboxylic acids is 1. The Kier molecular flexibility index (Phi) is 4.16. The number of pyridine rings is 1. The summed E-state index contributed by atoms with van der Waals surface area (Å²) in [5, 5.41) is 12.8. The number of carbonyl (C=O) groups is 1. The number of hydrogen-bond acceptors (Lipinski definition) is 4. The molecule has 5 heteroatoms. The Morgan fingerprint density at radius 1 is 1.45 bits per heavy atom.